The Morgan fingerprint density at radius 2 is 1.93 bits per heavy atom. The summed E-state index contributed by atoms with van der Waals surface area (Å²) >= 11 is 3.52. The molecule has 1 aliphatic rings. The first kappa shape index (κ1) is 10.0. The van der Waals surface area contributed by atoms with E-state index in [0.29, 0.717) is 6.04 Å². The van der Waals surface area contributed by atoms with Gasteiger partial charge in [0.15, 0.2) is 0 Å². The fourth-order valence-electron chi connectivity index (χ4n) is 2.13. The first-order valence-electron chi connectivity index (χ1n) is 5.28. The molecule has 2 rings (SSSR count). The van der Waals surface area contributed by atoms with Gasteiger partial charge in [-0.05, 0) is 43.5 Å². The first-order valence-corrected chi connectivity index (χ1v) is 6.07. The Labute approximate surface area is 94.0 Å². The molecule has 14 heavy (non-hydrogen) atoms. The molecule has 1 fully saturated rings. The SMILES string of the molecule is Cc1cc(Br)cc(NC2CCCC2)c1. The van der Waals surface area contributed by atoms with E-state index in [1.165, 1.54) is 36.9 Å². The highest BCUT2D eigenvalue weighted by molar-refractivity contribution is 9.10. The molecule has 2 heteroatoms. The molecule has 1 aliphatic carbocycles. The van der Waals surface area contributed by atoms with Crippen LogP contribution >= 0.6 is 15.9 Å². The number of aryl methyl sites for hydroxylation is 1. The van der Waals surface area contributed by atoms with Crippen LogP contribution in [0.15, 0.2) is 22.7 Å². The van der Waals surface area contributed by atoms with Crippen LogP contribution < -0.4 is 5.32 Å². The van der Waals surface area contributed by atoms with Crippen molar-refractivity contribution in [2.45, 2.75) is 38.6 Å². The van der Waals surface area contributed by atoms with E-state index >= 15 is 0 Å². The van der Waals surface area contributed by atoms with Crippen molar-refractivity contribution in [3.63, 3.8) is 0 Å². The van der Waals surface area contributed by atoms with Crippen LogP contribution in [0, 0.1) is 6.92 Å². The molecule has 1 saturated carbocycles. The van der Waals surface area contributed by atoms with Gasteiger partial charge >= 0.3 is 0 Å². The molecule has 0 atom stereocenters. The lowest BCUT2D eigenvalue weighted by atomic mass is 10.2. The Morgan fingerprint density at radius 1 is 1.21 bits per heavy atom. The van der Waals surface area contributed by atoms with Gasteiger partial charge in [-0.1, -0.05) is 28.8 Å². The van der Waals surface area contributed by atoms with Gasteiger partial charge in [-0.15, -0.1) is 0 Å². The van der Waals surface area contributed by atoms with Crippen molar-refractivity contribution >= 4 is 21.6 Å². The van der Waals surface area contributed by atoms with Crippen LogP contribution in [0.25, 0.3) is 0 Å². The van der Waals surface area contributed by atoms with E-state index in [1.807, 2.05) is 0 Å². The van der Waals surface area contributed by atoms with Crippen molar-refractivity contribution in [2.75, 3.05) is 5.32 Å². The fraction of sp³-hybridized carbons (Fsp3) is 0.500. The van der Waals surface area contributed by atoms with E-state index in [0.717, 1.165) is 4.47 Å². The van der Waals surface area contributed by atoms with Gasteiger partial charge in [0.05, 0.1) is 0 Å². The van der Waals surface area contributed by atoms with Crippen LogP contribution in [0.5, 0.6) is 0 Å². The summed E-state index contributed by atoms with van der Waals surface area (Å²) in [5.74, 6) is 0. The number of benzene rings is 1. The number of rotatable bonds is 2. The third kappa shape index (κ3) is 2.50. The number of nitrogens with one attached hydrogen (secondary N) is 1. The second-order valence-electron chi connectivity index (χ2n) is 4.14. The smallest absolute Gasteiger partial charge is 0.0356 e. The minimum absolute atomic E-state index is 0.698. The lowest BCUT2D eigenvalue weighted by Gasteiger charge is -2.14. The van der Waals surface area contributed by atoms with Gasteiger partial charge < -0.3 is 5.32 Å². The average molecular weight is 254 g/mol. The van der Waals surface area contributed by atoms with Gasteiger partial charge in [0.2, 0.25) is 0 Å². The highest BCUT2D eigenvalue weighted by Gasteiger charge is 2.14. The van der Waals surface area contributed by atoms with Crippen molar-refractivity contribution < 1.29 is 0 Å². The van der Waals surface area contributed by atoms with Crippen LogP contribution in [-0.2, 0) is 0 Å². The summed E-state index contributed by atoms with van der Waals surface area (Å²) < 4.78 is 1.16. The van der Waals surface area contributed by atoms with Crippen molar-refractivity contribution in [2.24, 2.45) is 0 Å². The molecule has 0 amide bonds. The predicted octanol–water partition coefficient (Wildman–Crippen LogP) is 4.11. The molecule has 0 unspecified atom stereocenters. The minimum atomic E-state index is 0.698. The van der Waals surface area contributed by atoms with E-state index in [-0.39, 0.29) is 0 Å². The Bertz CT molecular complexity index is 296. The van der Waals surface area contributed by atoms with E-state index in [9.17, 15) is 0 Å². The fourth-order valence-corrected chi connectivity index (χ4v) is 2.73. The van der Waals surface area contributed by atoms with Gasteiger partial charge in [0, 0.05) is 16.2 Å². The van der Waals surface area contributed by atoms with Gasteiger partial charge in [0.1, 0.15) is 0 Å². The Kier molecular flexibility index (Phi) is 3.12. The summed E-state index contributed by atoms with van der Waals surface area (Å²) in [5, 5.41) is 3.59. The summed E-state index contributed by atoms with van der Waals surface area (Å²) in [7, 11) is 0. The number of halogens is 1. The van der Waals surface area contributed by atoms with E-state index in [1.54, 1.807) is 0 Å². The molecule has 0 saturated heterocycles. The van der Waals surface area contributed by atoms with Crippen molar-refractivity contribution in [3.05, 3.63) is 28.2 Å². The average Bonchev–Trinajstić information content (AvgIpc) is 2.54. The zero-order chi connectivity index (χ0) is 9.97. The zero-order valence-electron chi connectivity index (χ0n) is 8.52. The molecular formula is C12H16BrN. The van der Waals surface area contributed by atoms with Crippen LogP contribution in [0.4, 0.5) is 5.69 Å². The maximum Gasteiger partial charge on any atom is 0.0356 e. The highest BCUT2D eigenvalue weighted by Crippen LogP contribution is 2.25. The number of anilines is 1. The number of hydrogen-bond acceptors (Lipinski definition) is 1. The van der Waals surface area contributed by atoms with Crippen LogP contribution in [0.1, 0.15) is 31.2 Å². The molecule has 0 heterocycles. The summed E-state index contributed by atoms with van der Waals surface area (Å²) in [6.45, 7) is 2.13. The quantitative estimate of drug-likeness (QED) is 0.837. The summed E-state index contributed by atoms with van der Waals surface area (Å²) in [5.41, 5.74) is 2.56. The minimum Gasteiger partial charge on any atom is -0.382 e. The maximum atomic E-state index is 3.59. The van der Waals surface area contributed by atoms with Gasteiger partial charge in [0.25, 0.3) is 0 Å². The topological polar surface area (TPSA) is 12.0 Å². The van der Waals surface area contributed by atoms with E-state index in [2.05, 4.69) is 46.4 Å². The summed E-state index contributed by atoms with van der Waals surface area (Å²) in [4.78, 5) is 0. The molecule has 76 valence electrons. The van der Waals surface area contributed by atoms with Gasteiger partial charge in [-0.3, -0.25) is 0 Å². The van der Waals surface area contributed by atoms with Crippen molar-refractivity contribution in [3.8, 4) is 0 Å². The lowest BCUT2D eigenvalue weighted by molar-refractivity contribution is 0.755. The molecule has 1 N–H and O–H groups in total. The molecule has 0 aliphatic heterocycles. The Balaban J connectivity index is 2.07. The van der Waals surface area contributed by atoms with Crippen molar-refractivity contribution in [1.29, 1.82) is 0 Å². The van der Waals surface area contributed by atoms with Crippen LogP contribution in [-0.4, -0.2) is 6.04 Å². The standard InChI is InChI=1S/C12H16BrN/c1-9-6-10(13)8-12(7-9)14-11-4-2-3-5-11/h6-8,11,14H,2-5H2,1H3. The molecule has 1 aromatic carbocycles. The second-order valence-corrected chi connectivity index (χ2v) is 5.06. The Morgan fingerprint density at radius 3 is 2.57 bits per heavy atom. The molecule has 0 radical (unpaired) electrons. The third-order valence-corrected chi connectivity index (χ3v) is 3.23. The molecular weight excluding hydrogens is 238 g/mol. The summed E-state index contributed by atoms with van der Waals surface area (Å²) in [6, 6.07) is 7.21. The monoisotopic (exact) mass is 253 g/mol. The molecule has 0 aromatic heterocycles. The second kappa shape index (κ2) is 4.35. The largest absolute Gasteiger partial charge is 0.382 e. The molecule has 0 bridgehead atoms. The maximum absolute atomic E-state index is 3.59. The van der Waals surface area contributed by atoms with E-state index < -0.39 is 0 Å². The lowest BCUT2D eigenvalue weighted by Crippen LogP contribution is -2.14. The van der Waals surface area contributed by atoms with Gasteiger partial charge in [-0.25, -0.2) is 0 Å². The zero-order valence-corrected chi connectivity index (χ0v) is 10.1. The van der Waals surface area contributed by atoms with Crippen LogP contribution in [0.2, 0.25) is 0 Å². The summed E-state index contributed by atoms with van der Waals surface area (Å²) in [6.07, 6.45) is 5.41. The number of hydrogen-bond donors (Lipinski definition) is 1. The first-order chi connectivity index (χ1) is 6.74. The van der Waals surface area contributed by atoms with E-state index in [4.69, 9.17) is 0 Å². The normalized spacial score (nSPS) is 17.3. The predicted molar refractivity (Wildman–Crippen MR) is 64.8 cm³/mol. The Hall–Kier alpha value is -0.500. The molecule has 1 aromatic rings. The van der Waals surface area contributed by atoms with Crippen LogP contribution in [0.3, 0.4) is 0 Å². The third-order valence-electron chi connectivity index (χ3n) is 2.77. The highest BCUT2D eigenvalue weighted by atomic mass is 79.9. The molecule has 0 spiro atoms. The van der Waals surface area contributed by atoms with Gasteiger partial charge in [-0.2, -0.15) is 0 Å². The van der Waals surface area contributed by atoms with Crippen molar-refractivity contribution in [1.82, 2.24) is 0 Å². The molecule has 1 nitrogen and oxygen atoms in total.